The van der Waals surface area contributed by atoms with Gasteiger partial charge in [-0.3, -0.25) is 14.2 Å². The highest BCUT2D eigenvalue weighted by Crippen LogP contribution is 2.41. The lowest BCUT2D eigenvalue weighted by Gasteiger charge is -2.21. The number of rotatable bonds is 9. The van der Waals surface area contributed by atoms with Gasteiger partial charge in [0.25, 0.3) is 5.91 Å². The summed E-state index contributed by atoms with van der Waals surface area (Å²) in [5.74, 6) is -2.25. The van der Waals surface area contributed by atoms with Crippen LogP contribution in [0, 0.1) is 0 Å². The summed E-state index contributed by atoms with van der Waals surface area (Å²) in [6.07, 6.45) is -0.766. The van der Waals surface area contributed by atoms with Crippen molar-refractivity contribution in [2.45, 2.75) is 50.8 Å². The molecule has 0 saturated carbocycles. The van der Waals surface area contributed by atoms with Crippen molar-refractivity contribution < 1.29 is 37.3 Å². The normalized spacial score (nSPS) is 15.0. The molecule has 9 heteroatoms. The number of carboxylic acids is 1. The van der Waals surface area contributed by atoms with Gasteiger partial charge in [0.15, 0.2) is 0 Å². The highest BCUT2D eigenvalue weighted by Gasteiger charge is 2.35. The monoisotopic (exact) mass is 551 g/mol. The third-order valence-corrected chi connectivity index (χ3v) is 7.14. The molecule has 3 aromatic carbocycles. The molecule has 0 aliphatic heterocycles. The Balaban J connectivity index is 1.36. The fraction of sp³-hybridized carbons (Fsp3) is 0.290. The molecule has 0 radical (unpaired) electrons. The van der Waals surface area contributed by atoms with Crippen LogP contribution in [0.2, 0.25) is 0 Å². The second kappa shape index (κ2) is 11.5. The maximum absolute atomic E-state index is 13.7. The minimum atomic E-state index is -4.90. The number of carbonyl (C=O) groups excluding carboxylic acids is 1. The minimum Gasteiger partial charge on any atom is -0.494 e. The highest BCUT2D eigenvalue weighted by molar-refractivity contribution is 6.05. The Hall–Kier alpha value is -4.27. The number of alkyl halides is 3. The van der Waals surface area contributed by atoms with Crippen LogP contribution in [0.15, 0.2) is 72.8 Å². The molecule has 0 spiro atoms. The van der Waals surface area contributed by atoms with Crippen LogP contribution in [0.25, 0.3) is 10.9 Å². The van der Waals surface area contributed by atoms with Crippen molar-refractivity contribution in [2.24, 2.45) is 0 Å². The molecule has 1 heterocycles. The molecule has 1 aliphatic rings. The van der Waals surface area contributed by atoms with Crippen molar-refractivity contribution >= 4 is 22.8 Å². The molecule has 0 amide bonds. The first kappa shape index (κ1) is 27.3. The number of carboxylic acid groups (broad SMARTS) is 1. The predicted molar refractivity (Wildman–Crippen MR) is 143 cm³/mol. The van der Waals surface area contributed by atoms with Crippen LogP contribution in [0.4, 0.5) is 13.2 Å². The maximum atomic E-state index is 13.7. The van der Waals surface area contributed by atoms with E-state index in [9.17, 15) is 27.9 Å². The van der Waals surface area contributed by atoms with Gasteiger partial charge in [0.2, 0.25) is 0 Å². The number of aryl methyl sites for hydroxylation is 1. The lowest BCUT2D eigenvalue weighted by atomic mass is 9.85. The van der Waals surface area contributed by atoms with Crippen molar-refractivity contribution in [1.29, 1.82) is 0 Å². The molecule has 0 fully saturated rings. The number of aliphatic carboxylic acids is 1. The topological polar surface area (TPSA) is 77.8 Å². The summed E-state index contributed by atoms with van der Waals surface area (Å²) in [4.78, 5) is 25.7. The molecule has 1 aromatic heterocycles. The molecule has 1 aliphatic carbocycles. The van der Waals surface area contributed by atoms with E-state index in [1.165, 1.54) is 22.3 Å². The molecule has 40 heavy (non-hydrogen) atoms. The summed E-state index contributed by atoms with van der Waals surface area (Å²) in [5, 5.41) is 10.1. The smallest absolute Gasteiger partial charge is 0.494 e. The quantitative estimate of drug-likeness (QED) is 0.224. The summed E-state index contributed by atoms with van der Waals surface area (Å²) in [7, 11) is 0. The van der Waals surface area contributed by atoms with Gasteiger partial charge < -0.3 is 14.6 Å². The molecule has 208 valence electrons. The first-order valence-corrected chi connectivity index (χ1v) is 13.2. The number of unbranched alkanes of at least 4 members (excludes halogenated alkanes) is 1. The van der Waals surface area contributed by atoms with Crippen LogP contribution in [0.3, 0.4) is 0 Å². The Morgan fingerprint density at radius 3 is 2.38 bits per heavy atom. The van der Waals surface area contributed by atoms with Crippen molar-refractivity contribution in [3.05, 3.63) is 95.2 Å². The standard InChI is InChI=1S/C31H28F3NO5/c32-31(33,34)40-23-16-17-26-25(19-23)28-24(30(37)38)10-6-11-27(28)35(26)29(36)21-12-14-22(15-13-21)39-18-5-4-9-20-7-2-1-3-8-20/h1-3,7-8,12-17,19,24H,4-6,9-11,18H2,(H,37,38). The number of carbonyl (C=O) groups is 2. The third-order valence-electron chi connectivity index (χ3n) is 7.14. The molecular formula is C31H28F3NO5. The zero-order chi connectivity index (χ0) is 28.3. The molecule has 1 N–H and O–H groups in total. The van der Waals surface area contributed by atoms with E-state index in [1.807, 2.05) is 18.2 Å². The van der Waals surface area contributed by atoms with Gasteiger partial charge in [-0.15, -0.1) is 13.2 Å². The maximum Gasteiger partial charge on any atom is 0.573 e. The van der Waals surface area contributed by atoms with Crippen LogP contribution in [-0.4, -0.2) is 34.5 Å². The van der Waals surface area contributed by atoms with Crippen LogP contribution in [0.1, 0.15) is 58.8 Å². The van der Waals surface area contributed by atoms with Gasteiger partial charge in [0.1, 0.15) is 11.5 Å². The van der Waals surface area contributed by atoms with Gasteiger partial charge in [-0.25, -0.2) is 0 Å². The van der Waals surface area contributed by atoms with Crippen molar-refractivity contribution in [3.8, 4) is 11.5 Å². The van der Waals surface area contributed by atoms with Gasteiger partial charge in [0, 0.05) is 16.6 Å². The first-order chi connectivity index (χ1) is 19.2. The summed E-state index contributed by atoms with van der Waals surface area (Å²) in [5.41, 5.74) is 2.84. The average Bonchev–Trinajstić information content (AvgIpc) is 3.26. The number of benzene rings is 3. The molecule has 0 saturated heterocycles. The fourth-order valence-electron chi connectivity index (χ4n) is 5.37. The number of nitrogens with zero attached hydrogens (tertiary/aromatic N) is 1. The van der Waals surface area contributed by atoms with Crippen molar-refractivity contribution in [2.75, 3.05) is 6.61 Å². The second-order valence-electron chi connectivity index (χ2n) is 9.83. The Bertz CT molecular complexity index is 1510. The van der Waals surface area contributed by atoms with Gasteiger partial charge >= 0.3 is 12.3 Å². The largest absolute Gasteiger partial charge is 0.573 e. The number of ether oxygens (including phenoxy) is 2. The SMILES string of the molecule is O=C(O)C1CCCc2c1c1cc(OC(F)(F)F)ccc1n2C(=O)c1ccc(OCCCCc2ccccc2)cc1. The Morgan fingerprint density at radius 2 is 1.68 bits per heavy atom. The van der Waals surface area contributed by atoms with Gasteiger partial charge in [-0.05, 0) is 92.1 Å². The number of aromatic nitrogens is 1. The number of halogens is 3. The average molecular weight is 552 g/mol. The molecule has 1 atom stereocenters. The van der Waals surface area contributed by atoms with Crippen molar-refractivity contribution in [3.63, 3.8) is 0 Å². The molecule has 0 bridgehead atoms. The van der Waals surface area contributed by atoms with Crippen LogP contribution in [-0.2, 0) is 17.6 Å². The van der Waals surface area contributed by atoms with E-state index >= 15 is 0 Å². The Labute approximate surface area is 228 Å². The van der Waals surface area contributed by atoms with Crippen molar-refractivity contribution in [1.82, 2.24) is 4.57 Å². The lowest BCUT2D eigenvalue weighted by molar-refractivity contribution is -0.274. The van der Waals surface area contributed by atoms with E-state index in [4.69, 9.17) is 4.74 Å². The number of fused-ring (bicyclic) bond motifs is 3. The molecule has 4 aromatic rings. The van der Waals surface area contributed by atoms with Gasteiger partial charge in [-0.1, -0.05) is 30.3 Å². The fourth-order valence-corrected chi connectivity index (χ4v) is 5.37. The van der Waals surface area contributed by atoms with E-state index in [0.717, 1.165) is 25.3 Å². The Morgan fingerprint density at radius 1 is 0.950 bits per heavy atom. The Kier molecular flexibility index (Phi) is 7.82. The number of hydrogen-bond acceptors (Lipinski definition) is 4. The zero-order valence-corrected chi connectivity index (χ0v) is 21.6. The molecule has 5 rings (SSSR count). The summed E-state index contributed by atoms with van der Waals surface area (Å²) in [6, 6.07) is 20.6. The summed E-state index contributed by atoms with van der Waals surface area (Å²) >= 11 is 0. The lowest BCUT2D eigenvalue weighted by Crippen LogP contribution is -2.21. The van der Waals surface area contributed by atoms with E-state index < -0.39 is 29.9 Å². The first-order valence-electron chi connectivity index (χ1n) is 13.2. The zero-order valence-electron chi connectivity index (χ0n) is 21.6. The van der Waals surface area contributed by atoms with E-state index in [0.29, 0.717) is 54.0 Å². The van der Waals surface area contributed by atoms with E-state index in [2.05, 4.69) is 16.9 Å². The van der Waals surface area contributed by atoms with E-state index in [-0.39, 0.29) is 5.39 Å². The summed E-state index contributed by atoms with van der Waals surface area (Å²) in [6.45, 7) is 0.536. The highest BCUT2D eigenvalue weighted by atomic mass is 19.4. The molecule has 6 nitrogen and oxygen atoms in total. The summed E-state index contributed by atoms with van der Waals surface area (Å²) < 4.78 is 50.0. The van der Waals surface area contributed by atoms with Gasteiger partial charge in [0.05, 0.1) is 18.0 Å². The third kappa shape index (κ3) is 5.98. The number of hydrogen-bond donors (Lipinski definition) is 1. The minimum absolute atomic E-state index is 0.271. The van der Waals surface area contributed by atoms with Crippen LogP contribution in [0.5, 0.6) is 11.5 Å². The van der Waals surface area contributed by atoms with Crippen LogP contribution < -0.4 is 9.47 Å². The van der Waals surface area contributed by atoms with E-state index in [1.54, 1.807) is 24.3 Å². The van der Waals surface area contributed by atoms with Gasteiger partial charge in [-0.2, -0.15) is 0 Å². The molecular weight excluding hydrogens is 523 g/mol. The molecule has 1 unspecified atom stereocenters. The van der Waals surface area contributed by atoms with Crippen LogP contribution >= 0.6 is 0 Å². The predicted octanol–water partition coefficient (Wildman–Crippen LogP) is 7.13. The second-order valence-corrected chi connectivity index (χ2v) is 9.83.